The lowest BCUT2D eigenvalue weighted by atomic mass is 10.2. The largest absolute Gasteiger partial charge is 0.399 e. The number of nitrogen functional groups attached to an aromatic ring is 1. The van der Waals surface area contributed by atoms with Gasteiger partial charge in [0.25, 0.3) is 5.89 Å². The standard InChI is InChI=1S/C13H15N3O2/c1-9(17-2)13-15-12(18-16-13)7-6-10-4-3-5-11(14)8-10/h3-9H,14H2,1-2H3/b7-6+. The summed E-state index contributed by atoms with van der Waals surface area (Å²) in [6, 6.07) is 7.54. The summed E-state index contributed by atoms with van der Waals surface area (Å²) in [4.78, 5) is 4.20. The van der Waals surface area contributed by atoms with E-state index >= 15 is 0 Å². The van der Waals surface area contributed by atoms with Gasteiger partial charge in [-0.1, -0.05) is 17.3 Å². The number of aromatic nitrogens is 2. The summed E-state index contributed by atoms with van der Waals surface area (Å²) in [6.07, 6.45) is 3.43. The smallest absolute Gasteiger partial charge is 0.250 e. The number of methoxy groups -OCH3 is 1. The SMILES string of the molecule is COC(C)c1noc(/C=C/c2cccc(N)c2)n1. The van der Waals surface area contributed by atoms with Crippen LogP contribution in [0.15, 0.2) is 28.8 Å². The first-order valence-corrected chi connectivity index (χ1v) is 5.59. The van der Waals surface area contributed by atoms with Gasteiger partial charge in [0.05, 0.1) is 0 Å². The second-order valence-electron chi connectivity index (χ2n) is 3.87. The highest BCUT2D eigenvalue weighted by Gasteiger charge is 2.10. The molecule has 1 heterocycles. The molecule has 5 heteroatoms. The Kier molecular flexibility index (Phi) is 3.74. The van der Waals surface area contributed by atoms with Crippen molar-refractivity contribution in [3.8, 4) is 0 Å². The maximum absolute atomic E-state index is 5.69. The van der Waals surface area contributed by atoms with Crippen LogP contribution in [0.4, 0.5) is 5.69 Å². The fourth-order valence-corrected chi connectivity index (χ4v) is 1.42. The fourth-order valence-electron chi connectivity index (χ4n) is 1.42. The second-order valence-corrected chi connectivity index (χ2v) is 3.87. The van der Waals surface area contributed by atoms with Crippen molar-refractivity contribution in [3.63, 3.8) is 0 Å². The zero-order valence-electron chi connectivity index (χ0n) is 10.3. The van der Waals surface area contributed by atoms with Gasteiger partial charge in [0, 0.05) is 18.9 Å². The van der Waals surface area contributed by atoms with Crippen molar-refractivity contribution >= 4 is 17.8 Å². The van der Waals surface area contributed by atoms with Crippen LogP contribution in [0, 0.1) is 0 Å². The van der Waals surface area contributed by atoms with Crippen LogP contribution in [0.5, 0.6) is 0 Å². The molecule has 2 rings (SSSR count). The van der Waals surface area contributed by atoms with Gasteiger partial charge in [-0.2, -0.15) is 4.98 Å². The molecular formula is C13H15N3O2. The molecule has 0 aliphatic rings. The molecule has 18 heavy (non-hydrogen) atoms. The Bertz CT molecular complexity index is 549. The van der Waals surface area contributed by atoms with Crippen molar-refractivity contribution in [2.45, 2.75) is 13.0 Å². The maximum atomic E-state index is 5.69. The highest BCUT2D eigenvalue weighted by Crippen LogP contribution is 2.14. The van der Waals surface area contributed by atoms with E-state index in [2.05, 4.69) is 10.1 Å². The lowest BCUT2D eigenvalue weighted by molar-refractivity contribution is 0.109. The highest BCUT2D eigenvalue weighted by atomic mass is 16.5. The number of nitrogens with zero attached hydrogens (tertiary/aromatic N) is 2. The number of benzene rings is 1. The molecule has 0 aliphatic heterocycles. The van der Waals surface area contributed by atoms with Crippen molar-refractivity contribution in [3.05, 3.63) is 41.5 Å². The van der Waals surface area contributed by atoms with Crippen LogP contribution in [0.3, 0.4) is 0 Å². The average Bonchev–Trinajstić information content (AvgIpc) is 2.84. The average molecular weight is 245 g/mol. The third kappa shape index (κ3) is 2.95. The number of hydrogen-bond donors (Lipinski definition) is 1. The topological polar surface area (TPSA) is 74.2 Å². The van der Waals surface area contributed by atoms with Crippen LogP contribution < -0.4 is 5.73 Å². The zero-order chi connectivity index (χ0) is 13.0. The summed E-state index contributed by atoms with van der Waals surface area (Å²) in [5, 5.41) is 3.83. The lowest BCUT2D eigenvalue weighted by Crippen LogP contribution is -1.97. The molecular weight excluding hydrogens is 230 g/mol. The molecule has 0 radical (unpaired) electrons. The Morgan fingerprint density at radius 1 is 1.39 bits per heavy atom. The number of ether oxygens (including phenoxy) is 1. The van der Waals surface area contributed by atoms with Gasteiger partial charge in [-0.25, -0.2) is 0 Å². The minimum atomic E-state index is -0.178. The minimum absolute atomic E-state index is 0.178. The fraction of sp³-hybridized carbons (Fsp3) is 0.231. The molecule has 0 spiro atoms. The van der Waals surface area contributed by atoms with Crippen LogP contribution in [0.25, 0.3) is 12.2 Å². The Morgan fingerprint density at radius 2 is 2.22 bits per heavy atom. The molecule has 0 bridgehead atoms. The number of anilines is 1. The quantitative estimate of drug-likeness (QED) is 0.838. The van der Waals surface area contributed by atoms with Crippen LogP contribution >= 0.6 is 0 Å². The molecule has 1 aromatic carbocycles. The number of rotatable bonds is 4. The lowest BCUT2D eigenvalue weighted by Gasteiger charge is -2.00. The molecule has 1 aromatic heterocycles. The molecule has 2 aromatic rings. The van der Waals surface area contributed by atoms with E-state index < -0.39 is 0 Å². The van der Waals surface area contributed by atoms with Crippen molar-refractivity contribution in [2.24, 2.45) is 0 Å². The third-order valence-electron chi connectivity index (χ3n) is 2.50. The first kappa shape index (κ1) is 12.3. The Labute approximate surface area is 105 Å². The molecule has 1 unspecified atom stereocenters. The van der Waals surface area contributed by atoms with Crippen molar-refractivity contribution in [2.75, 3.05) is 12.8 Å². The molecule has 94 valence electrons. The molecule has 0 amide bonds. The Hall–Kier alpha value is -2.14. The molecule has 0 saturated carbocycles. The van der Waals surface area contributed by atoms with Gasteiger partial charge in [0.2, 0.25) is 5.82 Å². The summed E-state index contributed by atoms with van der Waals surface area (Å²) in [5.74, 6) is 0.973. The molecule has 1 atom stereocenters. The van der Waals surface area contributed by atoms with Gasteiger partial charge in [-0.15, -0.1) is 0 Å². The van der Waals surface area contributed by atoms with Crippen molar-refractivity contribution in [1.82, 2.24) is 10.1 Å². The van der Waals surface area contributed by atoms with Gasteiger partial charge in [0.1, 0.15) is 6.10 Å². The monoisotopic (exact) mass is 245 g/mol. The summed E-state index contributed by atoms with van der Waals surface area (Å²) >= 11 is 0. The van der Waals surface area contributed by atoms with Gasteiger partial charge in [-0.3, -0.25) is 0 Å². The van der Waals surface area contributed by atoms with Crippen molar-refractivity contribution < 1.29 is 9.26 Å². The van der Waals surface area contributed by atoms with E-state index in [9.17, 15) is 0 Å². The Balaban J connectivity index is 2.12. The van der Waals surface area contributed by atoms with Crippen LogP contribution in [-0.2, 0) is 4.74 Å². The molecule has 0 fully saturated rings. The van der Waals surface area contributed by atoms with Crippen LogP contribution in [-0.4, -0.2) is 17.3 Å². The van der Waals surface area contributed by atoms with E-state index in [1.54, 1.807) is 13.2 Å². The van der Waals surface area contributed by atoms with Crippen molar-refractivity contribution in [1.29, 1.82) is 0 Å². The summed E-state index contributed by atoms with van der Waals surface area (Å²) in [5.41, 5.74) is 7.39. The number of hydrogen-bond acceptors (Lipinski definition) is 5. The van der Waals surface area contributed by atoms with E-state index in [-0.39, 0.29) is 6.10 Å². The van der Waals surface area contributed by atoms with Crippen LogP contribution in [0.1, 0.15) is 30.3 Å². The summed E-state index contributed by atoms with van der Waals surface area (Å²) in [7, 11) is 1.60. The molecule has 0 saturated heterocycles. The second kappa shape index (κ2) is 5.46. The van der Waals surface area contributed by atoms with Gasteiger partial charge < -0.3 is 15.0 Å². The minimum Gasteiger partial charge on any atom is -0.399 e. The molecule has 0 aliphatic carbocycles. The molecule has 2 N–H and O–H groups in total. The zero-order valence-corrected chi connectivity index (χ0v) is 10.3. The summed E-state index contributed by atoms with van der Waals surface area (Å²) in [6.45, 7) is 1.86. The normalized spacial score (nSPS) is 13.0. The summed E-state index contributed by atoms with van der Waals surface area (Å²) < 4.78 is 10.2. The number of nitrogens with two attached hydrogens (primary N) is 1. The maximum Gasteiger partial charge on any atom is 0.250 e. The van der Waals surface area contributed by atoms with E-state index in [0.29, 0.717) is 11.7 Å². The Morgan fingerprint density at radius 3 is 2.94 bits per heavy atom. The van der Waals surface area contributed by atoms with Gasteiger partial charge >= 0.3 is 0 Å². The first-order valence-electron chi connectivity index (χ1n) is 5.59. The third-order valence-corrected chi connectivity index (χ3v) is 2.50. The first-order chi connectivity index (χ1) is 8.69. The molecule has 5 nitrogen and oxygen atoms in total. The van der Waals surface area contributed by atoms with Gasteiger partial charge in [-0.05, 0) is 30.7 Å². The predicted molar refractivity (Wildman–Crippen MR) is 69.5 cm³/mol. The highest BCUT2D eigenvalue weighted by molar-refractivity contribution is 5.67. The van der Waals surface area contributed by atoms with E-state index in [4.69, 9.17) is 15.0 Å². The van der Waals surface area contributed by atoms with E-state index in [1.165, 1.54) is 0 Å². The van der Waals surface area contributed by atoms with E-state index in [1.807, 2.05) is 37.3 Å². The van der Waals surface area contributed by atoms with E-state index in [0.717, 1.165) is 11.3 Å². The van der Waals surface area contributed by atoms with Gasteiger partial charge in [0.15, 0.2) is 0 Å². The predicted octanol–water partition coefficient (Wildman–Crippen LogP) is 2.53. The van der Waals surface area contributed by atoms with Crippen LogP contribution in [0.2, 0.25) is 0 Å².